The van der Waals surface area contributed by atoms with E-state index >= 15 is 0 Å². The lowest BCUT2D eigenvalue weighted by atomic mass is 10.1. The highest BCUT2D eigenvalue weighted by Gasteiger charge is 2.30. The average molecular weight is 574 g/mol. The second-order valence-corrected chi connectivity index (χ2v) is 10.1. The lowest BCUT2D eigenvalue weighted by Crippen LogP contribution is -2.50. The highest BCUT2D eigenvalue weighted by Crippen LogP contribution is 2.34. The van der Waals surface area contributed by atoms with Crippen molar-refractivity contribution in [3.8, 4) is 34.2 Å². The minimum absolute atomic E-state index is 0.0859. The SMILES string of the molecule is COc1ccc(-c2cc(C(=O)N3CCN(C(=O)c4ccc(OC)cc4OC)CC3)c(C)n2-c2ccccc2Cl)cc1. The van der Waals surface area contributed by atoms with Crippen LogP contribution in [-0.4, -0.2) is 73.7 Å². The van der Waals surface area contributed by atoms with Crippen LogP contribution in [0.1, 0.15) is 26.4 Å². The normalized spacial score (nSPS) is 13.2. The van der Waals surface area contributed by atoms with E-state index in [4.69, 9.17) is 25.8 Å². The molecule has 1 saturated heterocycles. The van der Waals surface area contributed by atoms with Crippen molar-refractivity contribution in [1.82, 2.24) is 14.4 Å². The Kier molecular flexibility index (Phi) is 8.21. The van der Waals surface area contributed by atoms with Crippen LogP contribution in [-0.2, 0) is 0 Å². The minimum atomic E-state index is -0.139. The third-order valence-corrected chi connectivity index (χ3v) is 7.77. The van der Waals surface area contributed by atoms with Gasteiger partial charge in [-0.2, -0.15) is 0 Å². The van der Waals surface area contributed by atoms with Crippen molar-refractivity contribution in [2.24, 2.45) is 0 Å². The summed E-state index contributed by atoms with van der Waals surface area (Å²) in [6.07, 6.45) is 0. The Labute approximate surface area is 244 Å². The Hall–Kier alpha value is -4.43. The zero-order valence-corrected chi connectivity index (χ0v) is 24.3. The fourth-order valence-electron chi connectivity index (χ4n) is 5.17. The summed E-state index contributed by atoms with van der Waals surface area (Å²) in [5, 5.41) is 0.584. The average Bonchev–Trinajstić information content (AvgIpc) is 3.36. The number of carbonyl (C=O) groups is 2. The molecule has 4 aromatic rings. The van der Waals surface area contributed by atoms with Gasteiger partial charge in [0.2, 0.25) is 0 Å². The van der Waals surface area contributed by atoms with Gasteiger partial charge in [0.05, 0.1) is 48.9 Å². The first-order valence-electron chi connectivity index (χ1n) is 13.3. The third-order valence-electron chi connectivity index (χ3n) is 7.45. The maximum atomic E-state index is 13.9. The molecule has 0 radical (unpaired) electrons. The number of ether oxygens (including phenoxy) is 3. The smallest absolute Gasteiger partial charge is 0.257 e. The van der Waals surface area contributed by atoms with E-state index < -0.39 is 0 Å². The van der Waals surface area contributed by atoms with Gasteiger partial charge in [-0.15, -0.1) is 0 Å². The van der Waals surface area contributed by atoms with Crippen LogP contribution in [0.15, 0.2) is 72.8 Å². The van der Waals surface area contributed by atoms with Gasteiger partial charge in [0, 0.05) is 37.9 Å². The van der Waals surface area contributed by atoms with Crippen LogP contribution >= 0.6 is 11.6 Å². The van der Waals surface area contributed by atoms with Crippen LogP contribution < -0.4 is 14.2 Å². The van der Waals surface area contributed by atoms with E-state index in [-0.39, 0.29) is 11.8 Å². The number of rotatable bonds is 7. The first kappa shape index (κ1) is 28.1. The predicted molar refractivity (Wildman–Crippen MR) is 159 cm³/mol. The van der Waals surface area contributed by atoms with Gasteiger partial charge in [0.15, 0.2) is 0 Å². The van der Waals surface area contributed by atoms with Crippen LogP contribution in [0.5, 0.6) is 17.2 Å². The molecule has 0 spiro atoms. The van der Waals surface area contributed by atoms with E-state index in [1.54, 1.807) is 42.2 Å². The molecule has 2 heterocycles. The lowest BCUT2D eigenvalue weighted by Gasteiger charge is -2.35. The van der Waals surface area contributed by atoms with E-state index in [1.807, 2.05) is 66.1 Å². The van der Waals surface area contributed by atoms with Crippen LogP contribution in [0.3, 0.4) is 0 Å². The largest absolute Gasteiger partial charge is 0.497 e. The molecule has 0 saturated carbocycles. The van der Waals surface area contributed by atoms with Gasteiger partial charge < -0.3 is 28.6 Å². The molecular formula is C32H32ClN3O5. The molecular weight excluding hydrogens is 542 g/mol. The highest BCUT2D eigenvalue weighted by molar-refractivity contribution is 6.32. The molecule has 1 fully saturated rings. The molecule has 0 bridgehead atoms. The Morgan fingerprint density at radius 1 is 0.707 bits per heavy atom. The van der Waals surface area contributed by atoms with Gasteiger partial charge in [-0.1, -0.05) is 23.7 Å². The molecule has 3 aromatic carbocycles. The van der Waals surface area contributed by atoms with Crippen molar-refractivity contribution in [1.29, 1.82) is 0 Å². The zero-order chi connectivity index (χ0) is 29.1. The highest BCUT2D eigenvalue weighted by atomic mass is 35.5. The topological polar surface area (TPSA) is 73.2 Å². The molecule has 0 N–H and O–H groups in total. The number of hydrogen-bond donors (Lipinski definition) is 0. The maximum Gasteiger partial charge on any atom is 0.257 e. The summed E-state index contributed by atoms with van der Waals surface area (Å²) in [6, 6.07) is 22.4. The molecule has 2 amide bonds. The second kappa shape index (κ2) is 12.0. The van der Waals surface area contributed by atoms with E-state index in [0.717, 1.165) is 28.4 Å². The van der Waals surface area contributed by atoms with Crippen molar-refractivity contribution in [3.05, 3.63) is 94.6 Å². The molecule has 0 unspecified atom stereocenters. The summed E-state index contributed by atoms with van der Waals surface area (Å²) < 4.78 is 18.0. The Morgan fingerprint density at radius 3 is 1.88 bits per heavy atom. The Morgan fingerprint density at radius 2 is 1.29 bits per heavy atom. The first-order chi connectivity index (χ1) is 19.9. The van der Waals surface area contributed by atoms with E-state index in [9.17, 15) is 9.59 Å². The number of piperazine rings is 1. The van der Waals surface area contributed by atoms with E-state index in [2.05, 4.69) is 0 Å². The van der Waals surface area contributed by atoms with Crippen LogP contribution in [0.2, 0.25) is 5.02 Å². The molecule has 5 rings (SSSR count). The first-order valence-corrected chi connectivity index (χ1v) is 13.7. The van der Waals surface area contributed by atoms with Crippen molar-refractivity contribution in [2.45, 2.75) is 6.92 Å². The van der Waals surface area contributed by atoms with E-state index in [0.29, 0.717) is 53.8 Å². The number of nitrogens with zero attached hydrogens (tertiary/aromatic N) is 3. The Bertz CT molecular complexity index is 1570. The number of para-hydroxylation sites is 1. The van der Waals surface area contributed by atoms with Crippen LogP contribution in [0, 0.1) is 6.92 Å². The number of halogens is 1. The number of hydrogen-bond acceptors (Lipinski definition) is 5. The summed E-state index contributed by atoms with van der Waals surface area (Å²) >= 11 is 6.62. The number of amides is 2. The summed E-state index contributed by atoms with van der Waals surface area (Å²) in [6.45, 7) is 3.58. The van der Waals surface area contributed by atoms with Gasteiger partial charge in [-0.05, 0) is 67.1 Å². The number of methoxy groups -OCH3 is 3. The molecule has 1 aliphatic rings. The number of carbonyl (C=O) groups excluding carboxylic acids is 2. The minimum Gasteiger partial charge on any atom is -0.497 e. The van der Waals surface area contributed by atoms with Crippen molar-refractivity contribution in [3.63, 3.8) is 0 Å². The molecule has 9 heteroatoms. The van der Waals surface area contributed by atoms with Crippen LogP contribution in [0.25, 0.3) is 16.9 Å². The lowest BCUT2D eigenvalue weighted by molar-refractivity contribution is 0.0533. The number of benzene rings is 3. The number of aromatic nitrogens is 1. The summed E-state index contributed by atoms with van der Waals surface area (Å²) in [4.78, 5) is 30.7. The van der Waals surface area contributed by atoms with E-state index in [1.165, 1.54) is 7.11 Å². The monoisotopic (exact) mass is 573 g/mol. The second-order valence-electron chi connectivity index (χ2n) is 9.69. The van der Waals surface area contributed by atoms with Gasteiger partial charge in [0.25, 0.3) is 11.8 Å². The molecule has 0 aliphatic carbocycles. The standard InChI is InChI=1S/C32H32ClN3O5/c1-21-26(20-29(22-9-11-23(39-2)12-10-22)36(21)28-8-6-5-7-27(28)33)32(38)35-17-15-34(16-18-35)31(37)25-14-13-24(40-3)19-30(25)41-4/h5-14,19-20H,15-18H2,1-4H3. The molecule has 1 aromatic heterocycles. The zero-order valence-electron chi connectivity index (χ0n) is 23.5. The molecule has 1 aliphatic heterocycles. The fourth-order valence-corrected chi connectivity index (χ4v) is 5.39. The molecule has 212 valence electrons. The quantitative estimate of drug-likeness (QED) is 0.282. The van der Waals surface area contributed by atoms with Gasteiger partial charge in [-0.3, -0.25) is 9.59 Å². The molecule has 41 heavy (non-hydrogen) atoms. The van der Waals surface area contributed by atoms with Gasteiger partial charge >= 0.3 is 0 Å². The van der Waals surface area contributed by atoms with Gasteiger partial charge in [0.1, 0.15) is 17.2 Å². The molecule has 0 atom stereocenters. The van der Waals surface area contributed by atoms with Crippen molar-refractivity contribution in [2.75, 3.05) is 47.5 Å². The molecule has 8 nitrogen and oxygen atoms in total. The van der Waals surface area contributed by atoms with Gasteiger partial charge in [-0.25, -0.2) is 0 Å². The Balaban J connectivity index is 1.40. The van der Waals surface area contributed by atoms with Crippen molar-refractivity contribution < 1.29 is 23.8 Å². The maximum absolute atomic E-state index is 13.9. The van der Waals surface area contributed by atoms with Crippen molar-refractivity contribution >= 4 is 23.4 Å². The predicted octanol–water partition coefficient (Wildman–Crippen LogP) is 5.73. The summed E-state index contributed by atoms with van der Waals surface area (Å²) in [5.41, 5.74) is 4.41. The van der Waals surface area contributed by atoms with Crippen LogP contribution in [0.4, 0.5) is 0 Å². The third kappa shape index (κ3) is 5.47. The summed E-state index contributed by atoms with van der Waals surface area (Å²) in [7, 11) is 4.72. The summed E-state index contributed by atoms with van der Waals surface area (Å²) in [5.74, 6) is 1.59. The fraction of sp³-hybridized carbons (Fsp3) is 0.250.